The fraction of sp³-hybridized carbons (Fsp3) is 0.263. The molecule has 148 valence electrons. The lowest BCUT2D eigenvalue weighted by molar-refractivity contribution is -0.122. The number of hydrogen-bond acceptors (Lipinski definition) is 5. The Bertz CT molecular complexity index is 973. The fourth-order valence-electron chi connectivity index (χ4n) is 2.84. The number of amides is 2. The summed E-state index contributed by atoms with van der Waals surface area (Å²) in [4.78, 5) is 23.8. The molecule has 0 atom stereocenters. The molecule has 0 aliphatic carbocycles. The Balaban J connectivity index is 1.70. The fourth-order valence-corrected chi connectivity index (χ4v) is 4.28. The van der Waals surface area contributed by atoms with E-state index in [1.165, 1.54) is 12.1 Å². The zero-order valence-electron chi connectivity index (χ0n) is 15.3. The molecule has 2 amide bonds. The summed E-state index contributed by atoms with van der Waals surface area (Å²) in [6.45, 7) is 0.273. The van der Waals surface area contributed by atoms with Crippen LogP contribution in [0.3, 0.4) is 0 Å². The molecule has 2 N–H and O–H groups in total. The maximum Gasteiger partial charge on any atom is 0.243 e. The van der Waals surface area contributed by atoms with Gasteiger partial charge in [-0.15, -0.1) is 0 Å². The average Bonchev–Trinajstić information content (AvgIpc) is 2.68. The Morgan fingerprint density at radius 3 is 2.64 bits per heavy atom. The molecule has 0 saturated carbocycles. The lowest BCUT2D eigenvalue weighted by Crippen LogP contribution is -2.49. The number of methoxy groups -OCH3 is 1. The van der Waals surface area contributed by atoms with E-state index in [0.717, 1.165) is 9.87 Å². The highest BCUT2D eigenvalue weighted by Crippen LogP contribution is 2.20. The first-order valence-corrected chi connectivity index (χ1v) is 10.1. The average molecular weight is 403 g/mol. The molecule has 0 spiro atoms. The van der Waals surface area contributed by atoms with Gasteiger partial charge in [0.25, 0.3) is 0 Å². The van der Waals surface area contributed by atoms with Crippen LogP contribution in [-0.4, -0.2) is 51.3 Å². The third-order valence-corrected chi connectivity index (χ3v) is 6.12. The van der Waals surface area contributed by atoms with E-state index < -0.39 is 10.0 Å². The van der Waals surface area contributed by atoms with Crippen molar-refractivity contribution in [3.8, 4) is 5.75 Å². The van der Waals surface area contributed by atoms with Gasteiger partial charge in [0.05, 0.1) is 25.0 Å². The molecule has 3 rings (SSSR count). The Morgan fingerprint density at radius 2 is 1.96 bits per heavy atom. The van der Waals surface area contributed by atoms with E-state index in [9.17, 15) is 18.0 Å². The smallest absolute Gasteiger partial charge is 0.243 e. The van der Waals surface area contributed by atoms with Gasteiger partial charge < -0.3 is 15.4 Å². The van der Waals surface area contributed by atoms with Gasteiger partial charge in [-0.05, 0) is 35.9 Å². The topological polar surface area (TPSA) is 105 Å². The number of nitrogens with one attached hydrogen (secondary N) is 2. The van der Waals surface area contributed by atoms with E-state index in [1.54, 1.807) is 43.5 Å². The summed E-state index contributed by atoms with van der Waals surface area (Å²) in [6.07, 6.45) is 0.146. The third-order valence-electron chi connectivity index (χ3n) is 4.28. The summed E-state index contributed by atoms with van der Waals surface area (Å²) in [5, 5.41) is 5.30. The summed E-state index contributed by atoms with van der Waals surface area (Å²) < 4.78 is 31.7. The zero-order valence-corrected chi connectivity index (χ0v) is 16.2. The zero-order chi connectivity index (χ0) is 20.1. The number of benzene rings is 2. The first-order valence-electron chi connectivity index (χ1n) is 8.68. The minimum Gasteiger partial charge on any atom is -0.497 e. The molecular formula is C19H21N3O5S. The van der Waals surface area contributed by atoms with Crippen molar-refractivity contribution in [1.82, 2.24) is 9.62 Å². The molecule has 0 radical (unpaired) electrons. The van der Waals surface area contributed by atoms with Crippen LogP contribution in [0.5, 0.6) is 5.75 Å². The van der Waals surface area contributed by atoms with Gasteiger partial charge in [-0.3, -0.25) is 9.59 Å². The van der Waals surface area contributed by atoms with Crippen molar-refractivity contribution in [2.24, 2.45) is 0 Å². The molecule has 0 aromatic heterocycles. The minimum absolute atomic E-state index is 0.0319. The number of nitrogens with zero attached hydrogens (tertiary/aromatic N) is 1. The number of hydrogen-bond donors (Lipinski definition) is 2. The van der Waals surface area contributed by atoms with Gasteiger partial charge in [-0.2, -0.15) is 4.31 Å². The Hall–Kier alpha value is -2.91. The Labute approximate surface area is 163 Å². The van der Waals surface area contributed by atoms with Crippen molar-refractivity contribution in [3.63, 3.8) is 0 Å². The molecule has 28 heavy (non-hydrogen) atoms. The van der Waals surface area contributed by atoms with Gasteiger partial charge in [-0.1, -0.05) is 18.2 Å². The largest absolute Gasteiger partial charge is 0.497 e. The van der Waals surface area contributed by atoms with Crippen molar-refractivity contribution in [2.75, 3.05) is 32.1 Å². The molecule has 0 unspecified atom stereocenters. The molecule has 2 aromatic rings. The van der Waals surface area contributed by atoms with Crippen LogP contribution in [0.1, 0.15) is 5.56 Å². The van der Waals surface area contributed by atoms with Crippen molar-refractivity contribution in [1.29, 1.82) is 0 Å². The molecule has 1 aliphatic rings. The van der Waals surface area contributed by atoms with Crippen LogP contribution in [0.15, 0.2) is 53.4 Å². The lowest BCUT2D eigenvalue weighted by atomic mass is 10.1. The Kier molecular flexibility index (Phi) is 5.96. The normalized spacial score (nSPS) is 15.0. The first kappa shape index (κ1) is 19.8. The molecule has 0 bridgehead atoms. The SMILES string of the molecule is COc1ccc(CC(=O)Nc2cccc(S(=O)(=O)N3CCNC(=O)C3)c2)cc1. The predicted molar refractivity (Wildman–Crippen MR) is 104 cm³/mol. The first-order chi connectivity index (χ1) is 13.4. The maximum atomic E-state index is 12.7. The number of rotatable bonds is 6. The summed E-state index contributed by atoms with van der Waals surface area (Å²) in [5.41, 5.74) is 1.18. The van der Waals surface area contributed by atoms with Crippen LogP contribution >= 0.6 is 0 Å². The highest BCUT2D eigenvalue weighted by atomic mass is 32.2. The van der Waals surface area contributed by atoms with Gasteiger partial charge in [-0.25, -0.2) is 8.42 Å². The molecule has 1 heterocycles. The highest BCUT2D eigenvalue weighted by molar-refractivity contribution is 7.89. The molecule has 2 aromatic carbocycles. The standard InChI is InChI=1S/C19H21N3O5S/c1-27-16-7-5-14(6-8-16)11-18(23)21-15-3-2-4-17(12-15)28(25,26)22-10-9-20-19(24)13-22/h2-8,12H,9-11,13H2,1H3,(H,20,24)(H,21,23). The molecule has 9 heteroatoms. The van der Waals surface area contributed by atoms with Crippen molar-refractivity contribution >= 4 is 27.5 Å². The van der Waals surface area contributed by atoms with E-state index in [2.05, 4.69) is 10.6 Å². The number of anilines is 1. The summed E-state index contributed by atoms with van der Waals surface area (Å²) in [6, 6.07) is 13.1. The summed E-state index contributed by atoms with van der Waals surface area (Å²) >= 11 is 0. The maximum absolute atomic E-state index is 12.7. The van der Waals surface area contributed by atoms with Crippen LogP contribution in [-0.2, 0) is 26.0 Å². The second-order valence-electron chi connectivity index (χ2n) is 6.29. The van der Waals surface area contributed by atoms with Gasteiger partial charge in [0.2, 0.25) is 21.8 Å². The van der Waals surface area contributed by atoms with E-state index in [-0.39, 0.29) is 42.8 Å². The summed E-state index contributed by atoms with van der Waals surface area (Å²) in [7, 11) is -2.24. The van der Waals surface area contributed by atoms with E-state index >= 15 is 0 Å². The van der Waals surface area contributed by atoms with Crippen LogP contribution < -0.4 is 15.4 Å². The van der Waals surface area contributed by atoms with Crippen molar-refractivity contribution in [2.45, 2.75) is 11.3 Å². The third kappa shape index (κ3) is 4.68. The lowest BCUT2D eigenvalue weighted by Gasteiger charge is -2.26. The number of piperazine rings is 1. The molecule has 1 aliphatic heterocycles. The molecule has 8 nitrogen and oxygen atoms in total. The second-order valence-corrected chi connectivity index (χ2v) is 8.23. The summed E-state index contributed by atoms with van der Waals surface area (Å²) in [5.74, 6) is 0.101. The number of carbonyl (C=O) groups is 2. The van der Waals surface area contributed by atoms with Crippen LogP contribution in [0.4, 0.5) is 5.69 Å². The molecule has 1 saturated heterocycles. The van der Waals surface area contributed by atoms with Gasteiger partial charge in [0, 0.05) is 18.8 Å². The van der Waals surface area contributed by atoms with Crippen molar-refractivity contribution < 1.29 is 22.7 Å². The molecule has 1 fully saturated rings. The van der Waals surface area contributed by atoms with E-state index in [1.807, 2.05) is 0 Å². The quantitative estimate of drug-likeness (QED) is 0.749. The predicted octanol–water partition coefficient (Wildman–Crippen LogP) is 0.997. The highest BCUT2D eigenvalue weighted by Gasteiger charge is 2.29. The van der Waals surface area contributed by atoms with Crippen molar-refractivity contribution in [3.05, 3.63) is 54.1 Å². The van der Waals surface area contributed by atoms with Crippen LogP contribution in [0.2, 0.25) is 0 Å². The monoisotopic (exact) mass is 403 g/mol. The van der Waals surface area contributed by atoms with Crippen LogP contribution in [0.25, 0.3) is 0 Å². The van der Waals surface area contributed by atoms with E-state index in [4.69, 9.17) is 4.74 Å². The van der Waals surface area contributed by atoms with Gasteiger partial charge in [0.15, 0.2) is 0 Å². The number of sulfonamides is 1. The minimum atomic E-state index is -3.81. The van der Waals surface area contributed by atoms with Crippen LogP contribution in [0, 0.1) is 0 Å². The van der Waals surface area contributed by atoms with Gasteiger partial charge >= 0.3 is 0 Å². The Morgan fingerprint density at radius 1 is 1.21 bits per heavy atom. The number of ether oxygens (including phenoxy) is 1. The molecular weight excluding hydrogens is 382 g/mol. The second kappa shape index (κ2) is 8.41. The van der Waals surface area contributed by atoms with E-state index in [0.29, 0.717) is 11.4 Å². The number of carbonyl (C=O) groups excluding carboxylic acids is 2. The van der Waals surface area contributed by atoms with Gasteiger partial charge in [0.1, 0.15) is 5.75 Å².